The normalized spacial score (nSPS) is 10.5. The van der Waals surface area contributed by atoms with Gasteiger partial charge in [0.2, 0.25) is 0 Å². The van der Waals surface area contributed by atoms with E-state index in [-0.39, 0.29) is 23.5 Å². The standard InChI is InChI=1S/C15H12N4O3/c20-12-2-1-7-19-13(12)17-9-11(15(19)22)14(21)18-8-10-3-5-16-6-4-10/h1-7,9,20H,8H2,(H,18,21). The highest BCUT2D eigenvalue weighted by molar-refractivity contribution is 5.93. The number of carbonyl (C=O) groups is 1. The van der Waals surface area contributed by atoms with Gasteiger partial charge in [-0.2, -0.15) is 0 Å². The molecule has 3 rings (SSSR count). The molecular weight excluding hydrogens is 284 g/mol. The van der Waals surface area contributed by atoms with Crippen LogP contribution in [0.3, 0.4) is 0 Å². The third-order valence-electron chi connectivity index (χ3n) is 3.16. The number of carbonyl (C=O) groups excluding carboxylic acids is 1. The third kappa shape index (κ3) is 2.51. The topological polar surface area (TPSA) is 96.6 Å². The lowest BCUT2D eigenvalue weighted by Gasteiger charge is -2.06. The fourth-order valence-electron chi connectivity index (χ4n) is 2.03. The first-order valence-corrected chi connectivity index (χ1v) is 6.53. The number of aromatic nitrogens is 3. The van der Waals surface area contributed by atoms with Crippen LogP contribution in [0.25, 0.3) is 5.65 Å². The van der Waals surface area contributed by atoms with E-state index in [1.807, 2.05) is 0 Å². The maximum Gasteiger partial charge on any atom is 0.270 e. The average molecular weight is 296 g/mol. The lowest BCUT2D eigenvalue weighted by Crippen LogP contribution is -2.31. The quantitative estimate of drug-likeness (QED) is 0.742. The Labute approximate surface area is 124 Å². The first kappa shape index (κ1) is 13.7. The molecule has 0 aromatic carbocycles. The number of rotatable bonds is 3. The molecule has 3 aromatic rings. The number of nitrogens with one attached hydrogen (secondary N) is 1. The summed E-state index contributed by atoms with van der Waals surface area (Å²) in [6.45, 7) is 0.281. The van der Waals surface area contributed by atoms with Gasteiger partial charge < -0.3 is 10.4 Å². The largest absolute Gasteiger partial charge is 0.504 e. The summed E-state index contributed by atoms with van der Waals surface area (Å²) in [6.07, 6.45) is 5.86. The number of hydrogen-bond donors (Lipinski definition) is 2. The molecule has 0 aliphatic heterocycles. The minimum Gasteiger partial charge on any atom is -0.504 e. The molecule has 0 radical (unpaired) electrons. The second kappa shape index (κ2) is 5.65. The van der Waals surface area contributed by atoms with E-state index in [9.17, 15) is 14.7 Å². The van der Waals surface area contributed by atoms with Crippen molar-refractivity contribution in [3.63, 3.8) is 0 Å². The van der Waals surface area contributed by atoms with Gasteiger partial charge in [-0.25, -0.2) is 4.98 Å². The third-order valence-corrected chi connectivity index (χ3v) is 3.16. The first-order valence-electron chi connectivity index (χ1n) is 6.53. The van der Waals surface area contributed by atoms with Crippen molar-refractivity contribution >= 4 is 11.6 Å². The van der Waals surface area contributed by atoms with Crippen molar-refractivity contribution in [1.82, 2.24) is 19.7 Å². The maximum atomic E-state index is 12.3. The first-order chi connectivity index (χ1) is 10.7. The Balaban J connectivity index is 1.88. The van der Waals surface area contributed by atoms with E-state index in [4.69, 9.17) is 0 Å². The molecule has 7 heteroatoms. The van der Waals surface area contributed by atoms with E-state index in [0.717, 1.165) is 9.96 Å². The zero-order chi connectivity index (χ0) is 15.5. The highest BCUT2D eigenvalue weighted by Crippen LogP contribution is 2.12. The van der Waals surface area contributed by atoms with Crippen molar-refractivity contribution < 1.29 is 9.90 Å². The molecule has 0 fully saturated rings. The van der Waals surface area contributed by atoms with Gasteiger partial charge in [-0.3, -0.25) is 19.0 Å². The summed E-state index contributed by atoms with van der Waals surface area (Å²) in [5.41, 5.74) is 0.360. The predicted octanol–water partition coefficient (Wildman–Crippen LogP) is 0.725. The van der Waals surface area contributed by atoms with Crippen molar-refractivity contribution in [3.05, 3.63) is 70.5 Å². The van der Waals surface area contributed by atoms with E-state index in [1.54, 1.807) is 24.5 Å². The second-order valence-electron chi connectivity index (χ2n) is 4.60. The van der Waals surface area contributed by atoms with E-state index in [2.05, 4.69) is 15.3 Å². The van der Waals surface area contributed by atoms with Crippen molar-refractivity contribution in [2.75, 3.05) is 0 Å². The number of pyridine rings is 2. The van der Waals surface area contributed by atoms with Crippen LogP contribution in [0.5, 0.6) is 5.75 Å². The fourth-order valence-corrected chi connectivity index (χ4v) is 2.03. The Morgan fingerprint density at radius 3 is 2.82 bits per heavy atom. The van der Waals surface area contributed by atoms with Crippen LogP contribution in [-0.4, -0.2) is 25.4 Å². The molecule has 0 bridgehead atoms. The number of amides is 1. The van der Waals surface area contributed by atoms with Crippen molar-refractivity contribution in [3.8, 4) is 5.75 Å². The van der Waals surface area contributed by atoms with Gasteiger partial charge in [0.15, 0.2) is 11.4 Å². The van der Waals surface area contributed by atoms with Crippen molar-refractivity contribution in [1.29, 1.82) is 0 Å². The Morgan fingerprint density at radius 1 is 1.27 bits per heavy atom. The minimum absolute atomic E-state index is 0.0860. The summed E-state index contributed by atoms with van der Waals surface area (Å²) >= 11 is 0. The van der Waals surface area contributed by atoms with Gasteiger partial charge in [0.05, 0.1) is 0 Å². The smallest absolute Gasteiger partial charge is 0.270 e. The second-order valence-corrected chi connectivity index (χ2v) is 4.60. The molecule has 3 heterocycles. The number of hydrogen-bond acceptors (Lipinski definition) is 5. The SMILES string of the molecule is O=C(NCc1ccncc1)c1cnc2c(O)cccn2c1=O. The fraction of sp³-hybridized carbons (Fsp3) is 0.0667. The van der Waals surface area contributed by atoms with Crippen LogP contribution in [0.2, 0.25) is 0 Å². The van der Waals surface area contributed by atoms with Gasteiger partial charge >= 0.3 is 0 Å². The Bertz CT molecular complexity index is 890. The number of nitrogens with zero attached hydrogens (tertiary/aromatic N) is 3. The maximum absolute atomic E-state index is 12.3. The lowest BCUT2D eigenvalue weighted by molar-refractivity contribution is 0.0949. The molecular formula is C15H12N4O3. The summed E-state index contributed by atoms with van der Waals surface area (Å²) in [6, 6.07) is 6.46. The highest BCUT2D eigenvalue weighted by atomic mass is 16.3. The van der Waals surface area contributed by atoms with Gasteiger partial charge in [0.25, 0.3) is 11.5 Å². The van der Waals surface area contributed by atoms with E-state index in [1.165, 1.54) is 24.5 Å². The molecule has 0 atom stereocenters. The molecule has 0 spiro atoms. The minimum atomic E-state index is -0.534. The Hall–Kier alpha value is -3.22. The lowest BCUT2D eigenvalue weighted by atomic mass is 10.2. The zero-order valence-electron chi connectivity index (χ0n) is 11.4. The summed E-state index contributed by atoms with van der Waals surface area (Å²) in [5, 5.41) is 12.3. The van der Waals surface area contributed by atoms with E-state index >= 15 is 0 Å². The molecule has 22 heavy (non-hydrogen) atoms. The van der Waals surface area contributed by atoms with Crippen LogP contribution >= 0.6 is 0 Å². The molecule has 0 unspecified atom stereocenters. The van der Waals surface area contributed by atoms with E-state index in [0.29, 0.717) is 0 Å². The molecule has 0 saturated heterocycles. The molecule has 2 N–H and O–H groups in total. The molecule has 0 saturated carbocycles. The molecule has 0 aliphatic carbocycles. The summed E-state index contributed by atoms with van der Waals surface area (Å²) in [4.78, 5) is 32.2. The zero-order valence-corrected chi connectivity index (χ0v) is 11.4. The van der Waals surface area contributed by atoms with Crippen molar-refractivity contribution in [2.24, 2.45) is 0 Å². The van der Waals surface area contributed by atoms with Crippen LogP contribution < -0.4 is 10.9 Å². The van der Waals surface area contributed by atoms with Crippen LogP contribution in [0.4, 0.5) is 0 Å². The predicted molar refractivity (Wildman–Crippen MR) is 78.5 cm³/mol. The summed E-state index contributed by atoms with van der Waals surface area (Å²) < 4.78 is 1.14. The van der Waals surface area contributed by atoms with Crippen LogP contribution in [0, 0.1) is 0 Å². The number of aromatic hydroxyl groups is 1. The van der Waals surface area contributed by atoms with Crippen molar-refractivity contribution in [2.45, 2.75) is 6.54 Å². The van der Waals surface area contributed by atoms with Crippen LogP contribution in [0.15, 0.2) is 53.8 Å². The van der Waals surface area contributed by atoms with Crippen LogP contribution in [-0.2, 0) is 6.54 Å². The molecule has 3 aromatic heterocycles. The number of fused-ring (bicyclic) bond motifs is 1. The Kier molecular flexibility index (Phi) is 3.53. The molecule has 1 amide bonds. The van der Waals surface area contributed by atoms with Gasteiger partial charge in [-0.05, 0) is 29.8 Å². The van der Waals surface area contributed by atoms with Crippen LogP contribution in [0.1, 0.15) is 15.9 Å². The molecule has 7 nitrogen and oxygen atoms in total. The average Bonchev–Trinajstić information content (AvgIpc) is 2.55. The highest BCUT2D eigenvalue weighted by Gasteiger charge is 2.14. The van der Waals surface area contributed by atoms with Gasteiger partial charge in [0, 0.05) is 31.3 Å². The monoisotopic (exact) mass is 296 g/mol. The van der Waals surface area contributed by atoms with Gasteiger partial charge in [-0.15, -0.1) is 0 Å². The molecule has 110 valence electrons. The Morgan fingerprint density at radius 2 is 2.05 bits per heavy atom. The summed E-state index contributed by atoms with van der Waals surface area (Å²) in [7, 11) is 0. The van der Waals surface area contributed by atoms with Gasteiger partial charge in [0.1, 0.15) is 5.56 Å². The van der Waals surface area contributed by atoms with Gasteiger partial charge in [-0.1, -0.05) is 0 Å². The summed E-state index contributed by atoms with van der Waals surface area (Å²) in [5.74, 6) is -0.643. The molecule has 0 aliphatic rings. The van der Waals surface area contributed by atoms with E-state index < -0.39 is 11.5 Å².